The van der Waals surface area contributed by atoms with E-state index >= 15 is 0 Å². The molecule has 1 saturated heterocycles. The normalized spacial score (nSPS) is 16.3. The van der Waals surface area contributed by atoms with Gasteiger partial charge in [0.05, 0.1) is 42.6 Å². The smallest absolute Gasteiger partial charge is 0.282 e. The monoisotopic (exact) mass is 394 g/mol. The molecule has 1 amide bonds. The van der Waals surface area contributed by atoms with E-state index in [2.05, 4.69) is 10.2 Å². The summed E-state index contributed by atoms with van der Waals surface area (Å²) in [5.41, 5.74) is 1.37. The zero-order chi connectivity index (χ0) is 18.7. The molecular formula is C19H22Cl2N3O2+. The van der Waals surface area contributed by atoms with Crippen LogP contribution in [0.5, 0.6) is 5.75 Å². The maximum Gasteiger partial charge on any atom is 0.282 e. The number of phenols is 1. The van der Waals surface area contributed by atoms with Crippen molar-refractivity contribution in [2.45, 2.75) is 13.0 Å². The quantitative estimate of drug-likeness (QED) is 0.746. The first-order chi connectivity index (χ1) is 12.5. The number of hydrogen-bond donors (Lipinski definition) is 3. The first-order valence-corrected chi connectivity index (χ1v) is 9.34. The van der Waals surface area contributed by atoms with E-state index in [1.807, 2.05) is 25.1 Å². The molecule has 0 aliphatic carbocycles. The van der Waals surface area contributed by atoms with Crippen LogP contribution in [0.3, 0.4) is 0 Å². The molecule has 1 heterocycles. The third kappa shape index (κ3) is 4.23. The van der Waals surface area contributed by atoms with Crippen LogP contribution in [-0.2, 0) is 4.79 Å². The number of piperazine rings is 1. The second kappa shape index (κ2) is 8.16. The summed E-state index contributed by atoms with van der Waals surface area (Å²) in [6, 6.07) is 12.1. The number of aromatic hydroxyl groups is 1. The number of nitrogens with one attached hydrogen (secondary N) is 2. The van der Waals surface area contributed by atoms with Gasteiger partial charge >= 0.3 is 0 Å². The highest BCUT2D eigenvalue weighted by Gasteiger charge is 2.30. The van der Waals surface area contributed by atoms with Crippen molar-refractivity contribution in [3.63, 3.8) is 0 Å². The molecule has 1 aliphatic heterocycles. The van der Waals surface area contributed by atoms with Gasteiger partial charge in [0, 0.05) is 5.02 Å². The fraction of sp³-hybridized carbons (Fsp3) is 0.316. The van der Waals surface area contributed by atoms with Crippen molar-refractivity contribution in [3.8, 4) is 5.75 Å². The highest BCUT2D eigenvalue weighted by Crippen LogP contribution is 2.26. The van der Waals surface area contributed by atoms with E-state index in [-0.39, 0.29) is 17.7 Å². The van der Waals surface area contributed by atoms with Gasteiger partial charge < -0.3 is 20.2 Å². The van der Waals surface area contributed by atoms with Crippen LogP contribution >= 0.6 is 23.2 Å². The number of halogens is 2. The topological polar surface area (TPSA) is 57.0 Å². The molecule has 2 aromatic carbocycles. The molecule has 0 radical (unpaired) electrons. The lowest BCUT2D eigenvalue weighted by Gasteiger charge is -2.36. The maximum atomic E-state index is 12.6. The Balaban J connectivity index is 1.59. The minimum atomic E-state index is -0.212. The molecule has 0 unspecified atom stereocenters. The zero-order valence-electron chi connectivity index (χ0n) is 14.5. The Kier molecular flexibility index (Phi) is 5.91. The number of phenolic OH excluding ortho intramolecular Hbond substituents is 1. The number of amides is 1. The molecular weight excluding hydrogens is 373 g/mol. The molecule has 1 fully saturated rings. The van der Waals surface area contributed by atoms with E-state index in [1.165, 1.54) is 4.90 Å². The number of nitrogens with zero attached hydrogens (tertiary/aromatic N) is 1. The summed E-state index contributed by atoms with van der Waals surface area (Å²) in [6.07, 6.45) is 0. The van der Waals surface area contributed by atoms with Gasteiger partial charge in [-0.25, -0.2) is 0 Å². The average Bonchev–Trinajstić information content (AvgIpc) is 2.64. The third-order valence-corrected chi connectivity index (χ3v) is 5.38. The Bertz CT molecular complexity index is 792. The van der Waals surface area contributed by atoms with Crippen molar-refractivity contribution in [2.24, 2.45) is 0 Å². The van der Waals surface area contributed by atoms with Crippen molar-refractivity contribution in [1.29, 1.82) is 0 Å². The van der Waals surface area contributed by atoms with Crippen LogP contribution in [0.25, 0.3) is 0 Å². The predicted octanol–water partition coefficient (Wildman–Crippen LogP) is 2.43. The van der Waals surface area contributed by atoms with E-state index in [1.54, 1.807) is 24.3 Å². The average molecular weight is 395 g/mol. The Morgan fingerprint density at radius 3 is 2.58 bits per heavy atom. The van der Waals surface area contributed by atoms with Gasteiger partial charge in [0.1, 0.15) is 5.75 Å². The number of benzene rings is 2. The predicted molar refractivity (Wildman–Crippen MR) is 106 cm³/mol. The van der Waals surface area contributed by atoms with Crippen LogP contribution in [0.15, 0.2) is 42.5 Å². The Morgan fingerprint density at radius 1 is 1.19 bits per heavy atom. The van der Waals surface area contributed by atoms with Crippen molar-refractivity contribution in [3.05, 3.63) is 52.5 Å². The maximum absolute atomic E-state index is 12.6. The first-order valence-electron chi connectivity index (χ1n) is 8.59. The molecule has 7 heteroatoms. The summed E-state index contributed by atoms with van der Waals surface area (Å²) >= 11 is 12.1. The van der Waals surface area contributed by atoms with Gasteiger partial charge in [0.2, 0.25) is 0 Å². The van der Waals surface area contributed by atoms with Gasteiger partial charge in [0.25, 0.3) is 5.91 Å². The van der Waals surface area contributed by atoms with Crippen molar-refractivity contribution in [1.82, 2.24) is 0 Å². The lowest BCUT2D eigenvalue weighted by atomic mass is 10.2. The van der Waals surface area contributed by atoms with Crippen molar-refractivity contribution in [2.75, 3.05) is 36.4 Å². The van der Waals surface area contributed by atoms with Crippen LogP contribution in [0, 0.1) is 0 Å². The standard InChI is InChI=1S/C19H21Cl2N3O2/c1-13(19(26)22-16-12-14(20)6-7-15(16)21)23-8-10-24(11-9-23)17-4-2-3-5-18(17)25/h2-7,12-13,25H,8-11H2,1H3,(H,22,26)/p+1/t13-/m0/s1. The minimum absolute atomic E-state index is 0.0832. The molecule has 2 aromatic rings. The second-order valence-electron chi connectivity index (χ2n) is 6.47. The molecule has 1 aliphatic rings. The number of para-hydroxylation sites is 2. The molecule has 5 nitrogen and oxygen atoms in total. The molecule has 3 rings (SSSR count). The van der Waals surface area contributed by atoms with Gasteiger partial charge in [0.15, 0.2) is 6.04 Å². The lowest BCUT2D eigenvalue weighted by molar-refractivity contribution is -0.914. The number of hydrogen-bond acceptors (Lipinski definition) is 3. The van der Waals surface area contributed by atoms with Gasteiger partial charge in [-0.1, -0.05) is 35.3 Å². The van der Waals surface area contributed by atoms with Gasteiger partial charge in [-0.3, -0.25) is 4.79 Å². The highest BCUT2D eigenvalue weighted by atomic mass is 35.5. The van der Waals surface area contributed by atoms with Gasteiger partial charge in [-0.2, -0.15) is 0 Å². The Hall–Kier alpha value is -1.95. The summed E-state index contributed by atoms with van der Waals surface area (Å²) in [4.78, 5) is 15.9. The van der Waals surface area contributed by atoms with Crippen LogP contribution in [0.2, 0.25) is 10.0 Å². The van der Waals surface area contributed by atoms with Crippen LogP contribution in [0.1, 0.15) is 6.92 Å². The molecule has 0 aromatic heterocycles. The van der Waals surface area contributed by atoms with Crippen LogP contribution in [-0.4, -0.2) is 43.2 Å². The molecule has 138 valence electrons. The van der Waals surface area contributed by atoms with Crippen molar-refractivity contribution >= 4 is 40.5 Å². The minimum Gasteiger partial charge on any atom is -0.506 e. The van der Waals surface area contributed by atoms with E-state index in [4.69, 9.17) is 23.2 Å². The summed E-state index contributed by atoms with van der Waals surface area (Å²) in [6.45, 7) is 5.10. The first kappa shape index (κ1) is 18.8. The van der Waals surface area contributed by atoms with E-state index in [9.17, 15) is 9.90 Å². The summed E-state index contributed by atoms with van der Waals surface area (Å²) in [5.74, 6) is 0.206. The number of carbonyl (C=O) groups is 1. The number of carbonyl (C=O) groups excluding carboxylic acids is 1. The number of quaternary nitrogens is 1. The highest BCUT2D eigenvalue weighted by molar-refractivity contribution is 6.35. The molecule has 1 atom stereocenters. The second-order valence-corrected chi connectivity index (χ2v) is 7.31. The van der Waals surface area contributed by atoms with Gasteiger partial charge in [-0.15, -0.1) is 0 Å². The molecule has 0 spiro atoms. The Labute approximate surface area is 163 Å². The Morgan fingerprint density at radius 2 is 1.88 bits per heavy atom. The molecule has 0 bridgehead atoms. The summed E-state index contributed by atoms with van der Waals surface area (Å²) < 4.78 is 0. The largest absolute Gasteiger partial charge is 0.506 e. The van der Waals surface area contributed by atoms with Crippen LogP contribution in [0.4, 0.5) is 11.4 Å². The fourth-order valence-corrected chi connectivity index (χ4v) is 3.56. The molecule has 3 N–H and O–H groups in total. The van der Waals surface area contributed by atoms with Crippen molar-refractivity contribution < 1.29 is 14.8 Å². The van der Waals surface area contributed by atoms with E-state index in [0.717, 1.165) is 31.9 Å². The van der Waals surface area contributed by atoms with Gasteiger partial charge in [-0.05, 0) is 37.3 Å². The summed E-state index contributed by atoms with van der Waals surface area (Å²) in [5, 5.41) is 13.9. The lowest BCUT2D eigenvalue weighted by Crippen LogP contribution is -3.19. The SMILES string of the molecule is C[C@@H](C(=O)Nc1cc(Cl)ccc1Cl)[NH+]1CCN(c2ccccc2O)CC1. The van der Waals surface area contributed by atoms with E-state index < -0.39 is 0 Å². The molecule has 0 saturated carbocycles. The third-order valence-electron chi connectivity index (χ3n) is 4.82. The zero-order valence-corrected chi connectivity index (χ0v) is 16.0. The molecule has 26 heavy (non-hydrogen) atoms. The van der Waals surface area contributed by atoms with E-state index in [0.29, 0.717) is 15.7 Å². The van der Waals surface area contributed by atoms with Crippen LogP contribution < -0.4 is 15.1 Å². The number of rotatable bonds is 4. The fourth-order valence-electron chi connectivity index (χ4n) is 3.22. The summed E-state index contributed by atoms with van der Waals surface area (Å²) in [7, 11) is 0. The number of anilines is 2.